The molecular weight excluding hydrogens is 520 g/mol. The monoisotopic (exact) mass is 556 g/mol. The first-order chi connectivity index (χ1) is 20.3. The second-order valence-corrected chi connectivity index (χ2v) is 8.92. The van der Waals surface area contributed by atoms with Gasteiger partial charge in [-0.15, -0.1) is 0 Å². The molecule has 2 aromatic heterocycles. The van der Waals surface area contributed by atoms with Crippen molar-refractivity contribution in [2.24, 2.45) is 0 Å². The molecule has 0 spiro atoms. The third kappa shape index (κ3) is 11.2. The lowest BCUT2D eigenvalue weighted by Gasteiger charge is -2.12. The first kappa shape index (κ1) is 29.4. The van der Waals surface area contributed by atoms with Crippen LogP contribution in [0, 0.1) is 0 Å². The first-order valence-electron chi connectivity index (χ1n) is 13.7. The van der Waals surface area contributed by atoms with Crippen LogP contribution < -0.4 is 21.3 Å². The zero-order chi connectivity index (χ0) is 28.4. The zero-order valence-electron chi connectivity index (χ0n) is 23.0. The van der Waals surface area contributed by atoms with E-state index in [0.29, 0.717) is 76.0 Å². The Morgan fingerprint density at radius 2 is 1.24 bits per heavy atom. The molecule has 1 amide bonds. The summed E-state index contributed by atoms with van der Waals surface area (Å²) in [6, 6.07) is 25.1. The molecule has 0 fully saturated rings. The molecule has 0 unspecified atom stereocenters. The van der Waals surface area contributed by atoms with Crippen LogP contribution in [-0.2, 0) is 22.4 Å². The van der Waals surface area contributed by atoms with E-state index in [-0.39, 0.29) is 5.91 Å². The van der Waals surface area contributed by atoms with Crippen molar-refractivity contribution in [3.05, 3.63) is 102 Å². The smallest absolute Gasteiger partial charge is 0.251 e. The number of aromatic nitrogens is 4. The van der Waals surface area contributed by atoms with E-state index in [0.717, 1.165) is 12.1 Å². The van der Waals surface area contributed by atoms with Crippen molar-refractivity contribution < 1.29 is 14.3 Å². The average Bonchev–Trinajstić information content (AvgIpc) is 3.02. The molecule has 2 aromatic carbocycles. The van der Waals surface area contributed by atoms with E-state index in [1.54, 1.807) is 18.3 Å². The highest BCUT2D eigenvalue weighted by molar-refractivity contribution is 5.94. The summed E-state index contributed by atoms with van der Waals surface area (Å²) in [5, 5.41) is 12.5. The molecule has 11 nitrogen and oxygen atoms in total. The Morgan fingerprint density at radius 1 is 0.634 bits per heavy atom. The van der Waals surface area contributed by atoms with Crippen LogP contribution in [0.2, 0.25) is 0 Å². The van der Waals surface area contributed by atoms with Gasteiger partial charge in [0.25, 0.3) is 5.91 Å². The maximum atomic E-state index is 12.0. The molecule has 0 aliphatic rings. The number of amides is 1. The third-order valence-corrected chi connectivity index (χ3v) is 5.80. The molecule has 0 aliphatic carbocycles. The molecule has 214 valence electrons. The maximum Gasteiger partial charge on any atom is 0.251 e. The molecule has 0 saturated heterocycles. The van der Waals surface area contributed by atoms with Gasteiger partial charge < -0.3 is 30.7 Å². The van der Waals surface area contributed by atoms with Gasteiger partial charge in [-0.05, 0) is 36.2 Å². The molecule has 0 saturated carbocycles. The number of anilines is 3. The number of hydrogen-bond donors (Lipinski definition) is 4. The van der Waals surface area contributed by atoms with Crippen LogP contribution in [0.1, 0.15) is 21.6 Å². The third-order valence-electron chi connectivity index (χ3n) is 5.80. The molecule has 0 aliphatic heterocycles. The van der Waals surface area contributed by atoms with Crippen molar-refractivity contribution in [1.29, 1.82) is 0 Å². The Balaban J connectivity index is 1.15. The second kappa shape index (κ2) is 17.2. The van der Waals surface area contributed by atoms with Gasteiger partial charge >= 0.3 is 0 Å². The minimum Gasteiger partial charge on any atom is -0.377 e. The highest BCUT2D eigenvalue weighted by Crippen LogP contribution is 2.11. The lowest BCUT2D eigenvalue weighted by molar-refractivity contribution is 0.0519. The van der Waals surface area contributed by atoms with Gasteiger partial charge in [-0.1, -0.05) is 54.6 Å². The number of carbonyl (C=O) groups is 1. The SMILES string of the molecule is O=C(NCCOCCOCCNc1nc(NCCc2ccccc2)nc(NCc2ccccn2)n1)c1ccccc1. The van der Waals surface area contributed by atoms with Gasteiger partial charge in [0.05, 0.1) is 38.7 Å². The lowest BCUT2D eigenvalue weighted by atomic mass is 10.1. The Labute approximate surface area is 240 Å². The van der Waals surface area contributed by atoms with Crippen molar-refractivity contribution in [1.82, 2.24) is 25.3 Å². The average molecular weight is 557 g/mol. The molecule has 4 aromatic rings. The normalized spacial score (nSPS) is 10.6. The molecule has 0 bridgehead atoms. The van der Waals surface area contributed by atoms with Gasteiger partial charge in [0.1, 0.15) is 0 Å². The summed E-state index contributed by atoms with van der Waals surface area (Å²) in [6.45, 7) is 3.87. The van der Waals surface area contributed by atoms with E-state index in [9.17, 15) is 4.79 Å². The topological polar surface area (TPSA) is 135 Å². The van der Waals surface area contributed by atoms with E-state index in [1.165, 1.54) is 5.56 Å². The Bertz CT molecular complexity index is 1300. The quantitative estimate of drug-likeness (QED) is 0.135. The van der Waals surface area contributed by atoms with Crippen molar-refractivity contribution in [2.45, 2.75) is 13.0 Å². The summed E-state index contributed by atoms with van der Waals surface area (Å²) in [5.41, 5.74) is 2.75. The summed E-state index contributed by atoms with van der Waals surface area (Å²) in [7, 11) is 0. The fourth-order valence-corrected chi connectivity index (χ4v) is 3.73. The number of nitrogens with zero attached hydrogens (tertiary/aromatic N) is 4. The van der Waals surface area contributed by atoms with Crippen LogP contribution in [0.15, 0.2) is 85.1 Å². The Kier molecular flexibility index (Phi) is 12.3. The standard InChI is InChI=1S/C30H36N8O3/c39-27(25-11-5-2-6-12-25)32-17-19-40-21-22-41-20-18-34-29-36-28(33-16-14-24-9-3-1-4-10-24)37-30(38-29)35-23-26-13-7-8-15-31-26/h1-13,15H,14,16-23H2,(H,32,39)(H3,33,34,35,36,37,38). The predicted molar refractivity (Wildman–Crippen MR) is 159 cm³/mol. The zero-order valence-corrected chi connectivity index (χ0v) is 23.0. The molecule has 41 heavy (non-hydrogen) atoms. The van der Waals surface area contributed by atoms with Crippen molar-refractivity contribution in [3.8, 4) is 0 Å². The van der Waals surface area contributed by atoms with Gasteiger partial charge in [-0.2, -0.15) is 15.0 Å². The summed E-state index contributed by atoms with van der Waals surface area (Å²) < 4.78 is 11.2. The molecule has 4 rings (SSSR count). The number of pyridine rings is 1. The molecule has 0 atom stereocenters. The molecule has 4 N–H and O–H groups in total. The number of ether oxygens (including phenoxy) is 2. The van der Waals surface area contributed by atoms with Crippen molar-refractivity contribution >= 4 is 23.8 Å². The molecule has 11 heteroatoms. The van der Waals surface area contributed by atoms with Gasteiger partial charge in [0.15, 0.2) is 0 Å². The van der Waals surface area contributed by atoms with Crippen LogP contribution >= 0.6 is 0 Å². The summed E-state index contributed by atoms with van der Waals surface area (Å²) >= 11 is 0. The predicted octanol–water partition coefficient (Wildman–Crippen LogP) is 3.41. The summed E-state index contributed by atoms with van der Waals surface area (Å²) in [6.07, 6.45) is 2.60. The highest BCUT2D eigenvalue weighted by Gasteiger charge is 2.07. The van der Waals surface area contributed by atoms with Crippen LogP contribution in [0.5, 0.6) is 0 Å². The minimum absolute atomic E-state index is 0.112. The van der Waals surface area contributed by atoms with E-state index < -0.39 is 0 Å². The number of nitrogens with one attached hydrogen (secondary N) is 4. The van der Waals surface area contributed by atoms with E-state index in [1.807, 2.05) is 54.6 Å². The number of benzene rings is 2. The van der Waals surface area contributed by atoms with E-state index in [4.69, 9.17) is 9.47 Å². The summed E-state index contributed by atoms with van der Waals surface area (Å²) in [4.78, 5) is 29.8. The maximum absolute atomic E-state index is 12.0. The van der Waals surface area contributed by atoms with Gasteiger partial charge in [0, 0.05) is 31.4 Å². The lowest BCUT2D eigenvalue weighted by Crippen LogP contribution is -2.27. The Morgan fingerprint density at radius 3 is 1.93 bits per heavy atom. The fraction of sp³-hybridized carbons (Fsp3) is 0.300. The van der Waals surface area contributed by atoms with Gasteiger partial charge in [-0.25, -0.2) is 0 Å². The Hall–Kier alpha value is -4.61. The summed E-state index contributed by atoms with van der Waals surface area (Å²) in [5.74, 6) is 1.26. The minimum atomic E-state index is -0.112. The number of hydrogen-bond acceptors (Lipinski definition) is 10. The molecule has 2 heterocycles. The first-order valence-corrected chi connectivity index (χ1v) is 13.7. The fourth-order valence-electron chi connectivity index (χ4n) is 3.73. The van der Waals surface area contributed by atoms with Gasteiger partial charge in [-0.3, -0.25) is 9.78 Å². The van der Waals surface area contributed by atoms with E-state index >= 15 is 0 Å². The number of carbonyl (C=O) groups excluding carboxylic acids is 1. The van der Waals surface area contributed by atoms with Crippen LogP contribution in [0.25, 0.3) is 0 Å². The molecule has 0 radical (unpaired) electrons. The van der Waals surface area contributed by atoms with Crippen LogP contribution in [0.4, 0.5) is 17.8 Å². The molecular formula is C30H36N8O3. The van der Waals surface area contributed by atoms with Crippen molar-refractivity contribution in [2.75, 3.05) is 62.0 Å². The largest absolute Gasteiger partial charge is 0.377 e. The highest BCUT2D eigenvalue weighted by atomic mass is 16.5. The number of rotatable bonds is 18. The second-order valence-electron chi connectivity index (χ2n) is 8.92. The van der Waals surface area contributed by atoms with Crippen molar-refractivity contribution in [3.63, 3.8) is 0 Å². The van der Waals surface area contributed by atoms with Crippen LogP contribution in [0.3, 0.4) is 0 Å². The van der Waals surface area contributed by atoms with Gasteiger partial charge in [0.2, 0.25) is 17.8 Å². The van der Waals surface area contributed by atoms with E-state index in [2.05, 4.69) is 53.3 Å². The van der Waals surface area contributed by atoms with Crippen LogP contribution in [-0.4, -0.2) is 71.9 Å².